The number of pyridine rings is 2. The topological polar surface area (TPSA) is 233 Å². The molecule has 4 rings (SSSR count). The minimum atomic E-state index is -4.88. The van der Waals surface area contributed by atoms with Crippen molar-refractivity contribution < 1.29 is 47.7 Å². The van der Waals surface area contributed by atoms with E-state index in [-0.39, 0.29) is 27.4 Å². The van der Waals surface area contributed by atoms with Gasteiger partial charge in [-0.05, 0) is 19.1 Å². The highest BCUT2D eigenvalue weighted by atomic mass is 35.5. The molecule has 0 amide bonds. The van der Waals surface area contributed by atoms with Crippen molar-refractivity contribution in [2.75, 3.05) is 17.8 Å². The summed E-state index contributed by atoms with van der Waals surface area (Å²) in [6.45, 7) is 0.923. The Kier molecular flexibility index (Phi) is 8.42. The largest absolute Gasteiger partial charge is 0.387 e. The van der Waals surface area contributed by atoms with E-state index >= 15 is 0 Å². The molecule has 1 unspecified atom stereocenters. The highest BCUT2D eigenvalue weighted by molar-refractivity contribution is 7.70. The van der Waals surface area contributed by atoms with Gasteiger partial charge in [0.25, 0.3) is 0 Å². The first kappa shape index (κ1) is 29.4. The lowest BCUT2D eigenvalue weighted by Gasteiger charge is -2.19. The molecule has 1 aliphatic rings. The number of hydrogen-bond acceptors (Lipinski definition) is 11. The molecule has 210 valence electrons. The summed E-state index contributed by atoms with van der Waals surface area (Å²) in [4.78, 5) is 35.7. The van der Waals surface area contributed by atoms with Gasteiger partial charge in [0.2, 0.25) is 0 Å². The van der Waals surface area contributed by atoms with Crippen LogP contribution in [0, 0.1) is 17.1 Å². The number of nitriles is 1. The molecule has 19 heteroatoms. The summed E-state index contributed by atoms with van der Waals surface area (Å²) in [6.07, 6.45) is -3.74. The van der Waals surface area contributed by atoms with Gasteiger partial charge in [0.1, 0.15) is 35.8 Å². The molecule has 3 aromatic rings. The van der Waals surface area contributed by atoms with Crippen LogP contribution in [0.25, 0.3) is 11.0 Å². The lowest BCUT2D eigenvalue weighted by atomic mass is 10.1. The van der Waals surface area contributed by atoms with Gasteiger partial charge in [-0.15, -0.1) is 0 Å². The molecule has 6 N–H and O–H groups in total. The fourth-order valence-electron chi connectivity index (χ4n) is 3.93. The number of aliphatic hydroxyl groups excluding tert-OH is 2. The van der Waals surface area contributed by atoms with Gasteiger partial charge in [-0.25, -0.2) is 14.1 Å². The minimum Gasteiger partial charge on any atom is -0.387 e. The Morgan fingerprint density at radius 1 is 1.28 bits per heavy atom. The molecule has 0 aliphatic carbocycles. The van der Waals surface area contributed by atoms with E-state index < -0.39 is 64.1 Å². The van der Waals surface area contributed by atoms with E-state index in [0.29, 0.717) is 5.69 Å². The van der Waals surface area contributed by atoms with Gasteiger partial charge < -0.3 is 39.5 Å². The molecular weight excluding hydrogens is 585 g/mol. The molecule has 0 spiro atoms. The monoisotopic (exact) mass is 606 g/mol. The Balaban J connectivity index is 1.62. The Morgan fingerprint density at radius 3 is 2.62 bits per heavy atom. The summed E-state index contributed by atoms with van der Waals surface area (Å²) in [5.41, 5.74) is 0.673. The van der Waals surface area contributed by atoms with Gasteiger partial charge in [0.15, 0.2) is 22.9 Å². The molecule has 0 saturated carbocycles. The Bertz CT molecular complexity index is 1510. The van der Waals surface area contributed by atoms with Crippen LogP contribution < -0.4 is 5.32 Å². The van der Waals surface area contributed by atoms with Gasteiger partial charge in [-0.3, -0.25) is 14.1 Å². The van der Waals surface area contributed by atoms with Gasteiger partial charge in [0, 0.05) is 0 Å². The number of anilines is 1. The summed E-state index contributed by atoms with van der Waals surface area (Å²) in [5, 5.41) is 38.0. The lowest BCUT2D eigenvalue weighted by molar-refractivity contribution is -0.0541. The van der Waals surface area contributed by atoms with Crippen molar-refractivity contribution in [3.63, 3.8) is 0 Å². The zero-order valence-corrected chi connectivity index (χ0v) is 22.4. The highest BCUT2D eigenvalue weighted by Gasteiger charge is 2.46. The number of aliphatic hydroxyl groups is 2. The first-order valence-corrected chi connectivity index (χ1v) is 15.0. The number of rotatable bonds is 9. The third-order valence-electron chi connectivity index (χ3n) is 5.75. The van der Waals surface area contributed by atoms with Crippen molar-refractivity contribution in [3.8, 4) is 6.07 Å². The fraction of sp³-hybridized carbons (Fsp3) is 0.400. The molecule has 6 atom stereocenters. The van der Waals surface area contributed by atoms with Crippen LogP contribution in [0.5, 0.6) is 0 Å². The number of aromatic nitrogens is 4. The number of fused-ring (bicyclic) bond motifs is 1. The predicted octanol–water partition coefficient (Wildman–Crippen LogP) is 1.62. The second-order valence-electron chi connectivity index (χ2n) is 8.64. The van der Waals surface area contributed by atoms with Crippen LogP contribution in [0.15, 0.2) is 24.5 Å². The second-order valence-corrected chi connectivity index (χ2v) is 13.0. The number of ether oxygens (including phenoxy) is 1. The van der Waals surface area contributed by atoms with Crippen LogP contribution in [0.4, 0.5) is 10.1 Å². The summed E-state index contributed by atoms with van der Waals surface area (Å²) < 4.78 is 47.7. The van der Waals surface area contributed by atoms with Crippen molar-refractivity contribution >= 4 is 43.5 Å². The van der Waals surface area contributed by atoms with Crippen molar-refractivity contribution in [1.82, 2.24) is 19.7 Å². The van der Waals surface area contributed by atoms with E-state index in [1.807, 2.05) is 6.07 Å². The first-order chi connectivity index (χ1) is 18.2. The van der Waals surface area contributed by atoms with Crippen LogP contribution >= 0.6 is 26.8 Å². The highest BCUT2D eigenvalue weighted by Crippen LogP contribution is 2.55. The van der Waals surface area contributed by atoms with Crippen LogP contribution in [0.3, 0.4) is 0 Å². The fourth-order valence-corrected chi connectivity index (χ4v) is 6.72. The SMILES string of the molecule is C[C@H](Nc1c(C#N)c(Cl)nc2c1cnn2[C@@H]1O[C@H](COP(=O)(O)CP(=O)(O)O)[C@@H](O)[C@H]1O)c1ccc(F)cn1. The third kappa shape index (κ3) is 6.45. The number of nitrogens with zero attached hydrogens (tertiary/aromatic N) is 5. The average Bonchev–Trinajstić information content (AvgIpc) is 3.37. The molecule has 1 aliphatic heterocycles. The molecule has 0 radical (unpaired) electrons. The third-order valence-corrected chi connectivity index (χ3v) is 9.48. The van der Waals surface area contributed by atoms with Crippen molar-refractivity contribution in [3.05, 3.63) is 46.8 Å². The quantitative estimate of drug-likeness (QED) is 0.150. The maximum atomic E-state index is 13.3. The van der Waals surface area contributed by atoms with Crippen LogP contribution in [-0.4, -0.2) is 75.5 Å². The first-order valence-electron chi connectivity index (χ1n) is 11.1. The van der Waals surface area contributed by atoms with E-state index in [9.17, 15) is 33.9 Å². The predicted molar refractivity (Wildman–Crippen MR) is 132 cm³/mol. The standard InChI is InChI=1S/C20H22ClFN6O9P2/c1-9(13-3-2-10(22)5-24-13)26-15-11(4-23)18(21)27-19-12(15)6-25-28(19)20-17(30)16(29)14(37-20)7-36-39(34,35)8-38(31,32)33/h2-3,5-6,9,14,16-17,20,29-30H,7-8H2,1H3,(H,26,27)(H,34,35)(H2,31,32,33)/t9-,14+,16+,17+,20+/m0/s1. The summed E-state index contributed by atoms with van der Waals surface area (Å²) in [6, 6.07) is 4.11. The molecule has 1 fully saturated rings. The molecule has 1 saturated heterocycles. The molecular formula is C20H22ClFN6O9P2. The Morgan fingerprint density at radius 2 is 2.00 bits per heavy atom. The van der Waals surface area contributed by atoms with Gasteiger partial charge in [-0.2, -0.15) is 10.4 Å². The summed E-state index contributed by atoms with van der Waals surface area (Å²) in [7, 11) is -9.63. The number of halogens is 2. The maximum absolute atomic E-state index is 13.3. The van der Waals surface area contributed by atoms with Gasteiger partial charge in [-0.1, -0.05) is 11.6 Å². The van der Waals surface area contributed by atoms with Crippen molar-refractivity contribution in [1.29, 1.82) is 5.26 Å². The van der Waals surface area contributed by atoms with E-state index in [4.69, 9.17) is 30.6 Å². The molecule has 4 heterocycles. The van der Waals surface area contributed by atoms with Crippen LogP contribution in [0.2, 0.25) is 5.15 Å². The summed E-state index contributed by atoms with van der Waals surface area (Å²) >= 11 is 6.27. The Labute approximate surface area is 224 Å². The normalized spacial score (nSPS) is 23.9. The van der Waals surface area contributed by atoms with E-state index in [1.165, 1.54) is 18.3 Å². The number of nitrogens with one attached hydrogen (secondary N) is 1. The van der Waals surface area contributed by atoms with Crippen molar-refractivity contribution in [2.24, 2.45) is 0 Å². The minimum absolute atomic E-state index is 0.0272. The van der Waals surface area contributed by atoms with E-state index in [1.54, 1.807) is 6.92 Å². The zero-order chi connectivity index (χ0) is 28.7. The van der Waals surface area contributed by atoms with Crippen molar-refractivity contribution in [2.45, 2.75) is 37.5 Å². The molecule has 0 bridgehead atoms. The maximum Gasteiger partial charge on any atom is 0.340 e. The molecule has 15 nitrogen and oxygen atoms in total. The smallest absolute Gasteiger partial charge is 0.340 e. The Hall–Kier alpha value is -2.54. The van der Waals surface area contributed by atoms with Gasteiger partial charge in [0.05, 0.1) is 41.8 Å². The second kappa shape index (κ2) is 11.1. The molecule has 39 heavy (non-hydrogen) atoms. The van der Waals surface area contributed by atoms with Crippen LogP contribution in [-0.2, 0) is 18.4 Å². The summed E-state index contributed by atoms with van der Waals surface area (Å²) in [5.74, 6) is -1.96. The lowest BCUT2D eigenvalue weighted by Crippen LogP contribution is -2.33. The average molecular weight is 607 g/mol. The van der Waals surface area contributed by atoms with Gasteiger partial charge >= 0.3 is 15.2 Å². The number of hydrogen-bond donors (Lipinski definition) is 6. The van der Waals surface area contributed by atoms with Crippen LogP contribution in [0.1, 0.15) is 30.5 Å². The molecule has 3 aromatic heterocycles. The van der Waals surface area contributed by atoms with E-state index in [2.05, 4.69) is 20.4 Å². The molecule has 0 aromatic carbocycles. The zero-order valence-electron chi connectivity index (χ0n) is 19.9. The van der Waals surface area contributed by atoms with E-state index in [0.717, 1.165) is 10.9 Å².